The van der Waals surface area contributed by atoms with E-state index in [9.17, 15) is 0 Å². The van der Waals surface area contributed by atoms with E-state index < -0.39 is 0 Å². The van der Waals surface area contributed by atoms with E-state index in [1.54, 1.807) is 22.3 Å². The third kappa shape index (κ3) is 1.62. The number of aryl methyl sites for hydroxylation is 1. The Balaban J connectivity index is 2.10. The van der Waals surface area contributed by atoms with Crippen molar-refractivity contribution in [2.75, 3.05) is 0 Å². The van der Waals surface area contributed by atoms with Crippen LogP contribution < -0.4 is 0 Å². The first-order valence-corrected chi connectivity index (χ1v) is 8.22. The van der Waals surface area contributed by atoms with Crippen LogP contribution in [0.1, 0.15) is 61.8 Å². The van der Waals surface area contributed by atoms with Crippen LogP contribution in [0.2, 0.25) is 0 Å². The second kappa shape index (κ2) is 4.22. The number of hydrogen-bond acceptors (Lipinski definition) is 0. The Kier molecular flexibility index (Phi) is 2.64. The van der Waals surface area contributed by atoms with E-state index in [1.165, 1.54) is 19.3 Å². The molecular formula is C21H24. The van der Waals surface area contributed by atoms with Gasteiger partial charge in [0.1, 0.15) is 0 Å². The van der Waals surface area contributed by atoms with Crippen molar-refractivity contribution in [3.63, 3.8) is 0 Å². The molecule has 2 bridgehead atoms. The van der Waals surface area contributed by atoms with Gasteiger partial charge in [-0.25, -0.2) is 0 Å². The van der Waals surface area contributed by atoms with Crippen molar-refractivity contribution in [1.29, 1.82) is 0 Å². The van der Waals surface area contributed by atoms with Gasteiger partial charge in [0, 0.05) is 5.41 Å². The molecule has 0 heteroatoms. The lowest BCUT2D eigenvalue weighted by Crippen LogP contribution is -2.39. The first-order chi connectivity index (χ1) is 10.0. The fourth-order valence-electron chi connectivity index (χ4n) is 4.94. The molecule has 0 radical (unpaired) electrons. The zero-order valence-electron chi connectivity index (χ0n) is 13.3. The molecule has 0 aliphatic heterocycles. The minimum absolute atomic E-state index is 0.182. The highest BCUT2D eigenvalue weighted by Gasteiger charge is 2.53. The highest BCUT2D eigenvalue weighted by molar-refractivity contribution is 5.55. The van der Waals surface area contributed by atoms with Crippen LogP contribution in [0.4, 0.5) is 0 Å². The quantitative estimate of drug-likeness (QED) is 0.600. The minimum atomic E-state index is 0.182. The summed E-state index contributed by atoms with van der Waals surface area (Å²) in [7, 11) is 0. The van der Waals surface area contributed by atoms with Crippen molar-refractivity contribution in [2.45, 2.75) is 51.4 Å². The molecule has 0 nitrogen and oxygen atoms in total. The van der Waals surface area contributed by atoms with Crippen LogP contribution in [0.25, 0.3) is 0 Å². The predicted molar refractivity (Wildman–Crippen MR) is 88.8 cm³/mol. The van der Waals surface area contributed by atoms with Gasteiger partial charge in [-0.15, -0.1) is 0 Å². The third-order valence-corrected chi connectivity index (χ3v) is 5.93. The molecule has 0 N–H and O–H groups in total. The van der Waals surface area contributed by atoms with Gasteiger partial charge in [-0.2, -0.15) is 0 Å². The van der Waals surface area contributed by atoms with E-state index in [0.29, 0.717) is 0 Å². The summed E-state index contributed by atoms with van der Waals surface area (Å²) in [5, 5.41) is 0. The van der Waals surface area contributed by atoms with Gasteiger partial charge in [-0.1, -0.05) is 69.3 Å². The zero-order chi connectivity index (χ0) is 14.7. The molecule has 108 valence electrons. The fraction of sp³-hybridized carbons (Fsp3) is 0.429. The van der Waals surface area contributed by atoms with Crippen molar-refractivity contribution in [3.05, 3.63) is 70.8 Å². The highest BCUT2D eigenvalue weighted by Crippen LogP contribution is 2.61. The van der Waals surface area contributed by atoms with Gasteiger partial charge in [0.15, 0.2) is 0 Å². The van der Waals surface area contributed by atoms with E-state index in [2.05, 4.69) is 69.3 Å². The van der Waals surface area contributed by atoms with Crippen molar-refractivity contribution >= 4 is 0 Å². The van der Waals surface area contributed by atoms with Crippen LogP contribution in [-0.2, 0) is 11.8 Å². The second-order valence-electron chi connectivity index (χ2n) is 7.84. The number of fused-ring (bicyclic) bond motifs is 7. The average molecular weight is 276 g/mol. The molecule has 0 saturated carbocycles. The van der Waals surface area contributed by atoms with E-state index in [0.717, 1.165) is 5.92 Å². The molecule has 0 spiro atoms. The van der Waals surface area contributed by atoms with Crippen LogP contribution in [0.3, 0.4) is 0 Å². The summed E-state index contributed by atoms with van der Waals surface area (Å²) in [5.74, 6) is 0.729. The van der Waals surface area contributed by atoms with Crippen LogP contribution in [0.15, 0.2) is 48.5 Å². The van der Waals surface area contributed by atoms with Gasteiger partial charge in [-0.3, -0.25) is 0 Å². The molecule has 0 aromatic heterocycles. The SMILES string of the molecule is CC(C)(C)C12CC(CCc3ccccc31)c1ccccc12. The summed E-state index contributed by atoms with van der Waals surface area (Å²) in [6, 6.07) is 18.4. The monoisotopic (exact) mass is 276 g/mol. The largest absolute Gasteiger partial charge is 0.0620 e. The third-order valence-electron chi connectivity index (χ3n) is 5.93. The summed E-state index contributed by atoms with van der Waals surface area (Å²) < 4.78 is 0. The van der Waals surface area contributed by atoms with Gasteiger partial charge in [-0.05, 0) is 52.8 Å². The molecule has 0 saturated heterocycles. The lowest BCUT2D eigenvalue weighted by atomic mass is 9.59. The normalized spacial score (nSPS) is 26.9. The molecule has 0 heterocycles. The molecule has 2 aromatic carbocycles. The molecule has 2 aliphatic carbocycles. The minimum Gasteiger partial charge on any atom is -0.0620 e. The number of hydrogen-bond donors (Lipinski definition) is 0. The lowest BCUT2D eigenvalue weighted by molar-refractivity contribution is 0.220. The van der Waals surface area contributed by atoms with E-state index in [-0.39, 0.29) is 10.8 Å². The average Bonchev–Trinajstić information content (AvgIpc) is 2.69. The molecule has 4 rings (SSSR count). The molecule has 2 atom stereocenters. The summed E-state index contributed by atoms with van der Waals surface area (Å²) >= 11 is 0. The Morgan fingerprint density at radius 2 is 1.57 bits per heavy atom. The predicted octanol–water partition coefficient (Wildman–Crippen LogP) is 5.45. The van der Waals surface area contributed by atoms with Crippen LogP contribution in [0, 0.1) is 5.41 Å². The van der Waals surface area contributed by atoms with Gasteiger partial charge in [0.25, 0.3) is 0 Å². The first-order valence-electron chi connectivity index (χ1n) is 8.22. The lowest BCUT2D eigenvalue weighted by Gasteiger charge is -2.44. The number of benzene rings is 2. The molecule has 21 heavy (non-hydrogen) atoms. The summed E-state index contributed by atoms with van der Waals surface area (Å²) in [6.45, 7) is 7.27. The van der Waals surface area contributed by atoms with Gasteiger partial charge >= 0.3 is 0 Å². The topological polar surface area (TPSA) is 0 Å². The zero-order valence-corrected chi connectivity index (χ0v) is 13.3. The maximum Gasteiger partial charge on any atom is 0.0262 e. The van der Waals surface area contributed by atoms with Crippen LogP contribution in [-0.4, -0.2) is 0 Å². The maximum atomic E-state index is 2.42. The van der Waals surface area contributed by atoms with E-state index >= 15 is 0 Å². The van der Waals surface area contributed by atoms with E-state index in [4.69, 9.17) is 0 Å². The van der Waals surface area contributed by atoms with Gasteiger partial charge < -0.3 is 0 Å². The van der Waals surface area contributed by atoms with Crippen molar-refractivity contribution in [1.82, 2.24) is 0 Å². The smallest absolute Gasteiger partial charge is 0.0262 e. The van der Waals surface area contributed by atoms with Gasteiger partial charge in [0.2, 0.25) is 0 Å². The first kappa shape index (κ1) is 13.1. The summed E-state index contributed by atoms with van der Waals surface area (Å²) in [4.78, 5) is 0. The molecule has 2 aliphatic rings. The molecule has 0 amide bonds. The maximum absolute atomic E-state index is 2.42. The molecule has 0 fully saturated rings. The Bertz CT molecular complexity index is 689. The summed E-state index contributed by atoms with van der Waals surface area (Å²) in [6.07, 6.45) is 3.81. The summed E-state index contributed by atoms with van der Waals surface area (Å²) in [5.41, 5.74) is 6.78. The van der Waals surface area contributed by atoms with Crippen LogP contribution in [0.5, 0.6) is 0 Å². The standard InChI is InChI=1S/C21H24/c1-20(2,3)21-14-16(17-9-5-7-11-19(17)21)13-12-15-8-4-6-10-18(15)21/h4-11,16H,12-14H2,1-3H3. The molecular weight excluding hydrogens is 252 g/mol. The Hall–Kier alpha value is -1.56. The fourth-order valence-corrected chi connectivity index (χ4v) is 4.94. The van der Waals surface area contributed by atoms with Gasteiger partial charge in [0.05, 0.1) is 0 Å². The Morgan fingerprint density at radius 3 is 2.33 bits per heavy atom. The Morgan fingerprint density at radius 1 is 0.905 bits per heavy atom. The Labute approximate surface area is 128 Å². The second-order valence-corrected chi connectivity index (χ2v) is 7.84. The molecule has 2 aromatic rings. The van der Waals surface area contributed by atoms with Crippen molar-refractivity contribution in [3.8, 4) is 0 Å². The highest BCUT2D eigenvalue weighted by atomic mass is 14.6. The van der Waals surface area contributed by atoms with E-state index in [1.807, 2.05) is 0 Å². The number of rotatable bonds is 0. The molecule has 2 unspecified atom stereocenters. The van der Waals surface area contributed by atoms with Crippen LogP contribution >= 0.6 is 0 Å². The van der Waals surface area contributed by atoms with Crippen molar-refractivity contribution < 1.29 is 0 Å². The van der Waals surface area contributed by atoms with Crippen molar-refractivity contribution in [2.24, 2.45) is 5.41 Å².